The molecule has 0 spiro atoms. The van der Waals surface area contributed by atoms with Crippen LogP contribution in [0.2, 0.25) is 0 Å². The number of hydrogen-bond donors (Lipinski definition) is 2. The first-order chi connectivity index (χ1) is 6.79. The number of aliphatic hydroxyl groups is 2. The van der Waals surface area contributed by atoms with Gasteiger partial charge in [-0.3, -0.25) is 4.90 Å². The summed E-state index contributed by atoms with van der Waals surface area (Å²) in [6.45, 7) is 5.23. The van der Waals surface area contributed by atoms with Crippen LogP contribution in [-0.4, -0.2) is 47.0 Å². The van der Waals surface area contributed by atoms with Gasteiger partial charge in [0.05, 0.1) is 12.7 Å². The summed E-state index contributed by atoms with van der Waals surface area (Å²) in [4.78, 5) is 2.12. The molecule has 0 aliphatic heterocycles. The van der Waals surface area contributed by atoms with Crippen LogP contribution in [0.5, 0.6) is 0 Å². The fraction of sp³-hybridized carbons (Fsp3) is 0.818. The van der Waals surface area contributed by atoms with Gasteiger partial charge in [-0.05, 0) is 12.8 Å². The Labute approximate surface area is 86.0 Å². The van der Waals surface area contributed by atoms with E-state index in [9.17, 15) is 5.11 Å². The van der Waals surface area contributed by atoms with Crippen LogP contribution in [0.15, 0.2) is 12.7 Å². The van der Waals surface area contributed by atoms with Crippen LogP contribution in [0.3, 0.4) is 0 Å². The molecule has 0 radical (unpaired) electrons. The Hall–Kier alpha value is -0.380. The van der Waals surface area contributed by atoms with Crippen molar-refractivity contribution in [3.05, 3.63) is 12.7 Å². The third-order valence-corrected chi connectivity index (χ3v) is 2.91. The standard InChI is InChI=1S/C11H21NO2/c1-2-7-12(8-9-13)10-5-3-4-6-11(10)14/h2,10-11,13-14H,1,3-9H2. The topological polar surface area (TPSA) is 43.7 Å². The summed E-state index contributed by atoms with van der Waals surface area (Å²) < 4.78 is 0. The van der Waals surface area contributed by atoms with Crippen molar-refractivity contribution in [2.75, 3.05) is 19.7 Å². The van der Waals surface area contributed by atoms with Crippen molar-refractivity contribution in [3.63, 3.8) is 0 Å². The van der Waals surface area contributed by atoms with E-state index in [1.807, 2.05) is 6.08 Å². The molecule has 2 unspecified atom stereocenters. The van der Waals surface area contributed by atoms with Gasteiger partial charge in [0.25, 0.3) is 0 Å². The Kier molecular flexibility index (Phi) is 5.15. The quantitative estimate of drug-likeness (QED) is 0.643. The number of hydrogen-bond acceptors (Lipinski definition) is 3. The molecule has 0 bridgehead atoms. The summed E-state index contributed by atoms with van der Waals surface area (Å²) >= 11 is 0. The number of nitrogens with zero attached hydrogens (tertiary/aromatic N) is 1. The van der Waals surface area contributed by atoms with Gasteiger partial charge in [0.15, 0.2) is 0 Å². The molecule has 2 N–H and O–H groups in total. The second-order valence-corrected chi connectivity index (χ2v) is 3.93. The number of rotatable bonds is 5. The van der Waals surface area contributed by atoms with Gasteiger partial charge in [0, 0.05) is 19.1 Å². The van der Waals surface area contributed by atoms with Gasteiger partial charge in [0.1, 0.15) is 0 Å². The van der Waals surface area contributed by atoms with E-state index in [0.717, 1.165) is 25.8 Å². The average molecular weight is 199 g/mol. The van der Waals surface area contributed by atoms with E-state index in [0.29, 0.717) is 6.54 Å². The van der Waals surface area contributed by atoms with Gasteiger partial charge >= 0.3 is 0 Å². The van der Waals surface area contributed by atoms with Crippen molar-refractivity contribution in [2.45, 2.75) is 37.8 Å². The van der Waals surface area contributed by atoms with Gasteiger partial charge in [-0.25, -0.2) is 0 Å². The second-order valence-electron chi connectivity index (χ2n) is 3.93. The van der Waals surface area contributed by atoms with E-state index < -0.39 is 0 Å². The maximum Gasteiger partial charge on any atom is 0.0695 e. The summed E-state index contributed by atoms with van der Waals surface area (Å²) in [7, 11) is 0. The molecule has 0 aromatic carbocycles. The Bertz CT molecular complexity index is 173. The van der Waals surface area contributed by atoms with Crippen molar-refractivity contribution in [2.24, 2.45) is 0 Å². The lowest BCUT2D eigenvalue weighted by atomic mass is 9.91. The lowest BCUT2D eigenvalue weighted by Gasteiger charge is -2.36. The maximum atomic E-state index is 9.84. The molecule has 0 aromatic rings. The minimum Gasteiger partial charge on any atom is -0.395 e. The Morgan fingerprint density at radius 3 is 2.64 bits per heavy atom. The van der Waals surface area contributed by atoms with Crippen molar-refractivity contribution < 1.29 is 10.2 Å². The molecule has 0 saturated heterocycles. The van der Waals surface area contributed by atoms with Crippen molar-refractivity contribution in [1.82, 2.24) is 4.90 Å². The van der Waals surface area contributed by atoms with Gasteiger partial charge in [-0.15, -0.1) is 6.58 Å². The molecule has 1 fully saturated rings. The first kappa shape index (κ1) is 11.7. The smallest absolute Gasteiger partial charge is 0.0695 e. The summed E-state index contributed by atoms with van der Waals surface area (Å²) in [6, 6.07) is 0.217. The molecule has 0 amide bonds. The lowest BCUT2D eigenvalue weighted by molar-refractivity contribution is 0.0185. The van der Waals surface area contributed by atoms with Gasteiger partial charge in [-0.2, -0.15) is 0 Å². The van der Waals surface area contributed by atoms with Crippen LogP contribution in [0.4, 0.5) is 0 Å². The highest BCUT2D eigenvalue weighted by Crippen LogP contribution is 2.22. The summed E-state index contributed by atoms with van der Waals surface area (Å²) in [6.07, 6.45) is 5.84. The van der Waals surface area contributed by atoms with Crippen molar-refractivity contribution in [3.8, 4) is 0 Å². The van der Waals surface area contributed by atoms with Crippen LogP contribution in [0.1, 0.15) is 25.7 Å². The van der Waals surface area contributed by atoms with Crippen molar-refractivity contribution >= 4 is 0 Å². The Morgan fingerprint density at radius 2 is 2.07 bits per heavy atom. The minimum atomic E-state index is -0.227. The molecule has 0 heterocycles. The van der Waals surface area contributed by atoms with E-state index >= 15 is 0 Å². The third-order valence-electron chi connectivity index (χ3n) is 2.91. The number of aliphatic hydroxyl groups excluding tert-OH is 2. The Balaban J connectivity index is 2.50. The van der Waals surface area contributed by atoms with E-state index in [1.54, 1.807) is 0 Å². The molecule has 82 valence electrons. The molecular weight excluding hydrogens is 178 g/mol. The molecular formula is C11H21NO2. The summed E-state index contributed by atoms with van der Waals surface area (Å²) in [5.74, 6) is 0. The van der Waals surface area contributed by atoms with E-state index in [1.165, 1.54) is 6.42 Å². The van der Waals surface area contributed by atoms with Gasteiger partial charge in [0.2, 0.25) is 0 Å². The molecule has 14 heavy (non-hydrogen) atoms. The summed E-state index contributed by atoms with van der Waals surface area (Å²) in [5.41, 5.74) is 0. The van der Waals surface area contributed by atoms with Crippen LogP contribution >= 0.6 is 0 Å². The molecule has 3 nitrogen and oxygen atoms in total. The molecule has 1 aliphatic carbocycles. The fourth-order valence-corrected chi connectivity index (χ4v) is 2.20. The van der Waals surface area contributed by atoms with Crippen LogP contribution < -0.4 is 0 Å². The molecule has 3 heteroatoms. The van der Waals surface area contributed by atoms with Crippen LogP contribution in [0.25, 0.3) is 0 Å². The predicted octanol–water partition coefficient (Wildman–Crippen LogP) is 0.770. The lowest BCUT2D eigenvalue weighted by Crippen LogP contribution is -2.46. The van der Waals surface area contributed by atoms with Crippen LogP contribution in [-0.2, 0) is 0 Å². The largest absolute Gasteiger partial charge is 0.395 e. The molecule has 1 saturated carbocycles. The van der Waals surface area contributed by atoms with E-state index in [-0.39, 0.29) is 18.8 Å². The highest BCUT2D eigenvalue weighted by molar-refractivity contribution is 4.86. The predicted molar refractivity (Wildman–Crippen MR) is 57.1 cm³/mol. The first-order valence-electron chi connectivity index (χ1n) is 5.43. The van der Waals surface area contributed by atoms with Gasteiger partial charge in [-0.1, -0.05) is 18.9 Å². The average Bonchev–Trinajstić information content (AvgIpc) is 2.18. The highest BCUT2D eigenvalue weighted by atomic mass is 16.3. The third kappa shape index (κ3) is 3.08. The van der Waals surface area contributed by atoms with E-state index in [2.05, 4.69) is 11.5 Å². The zero-order chi connectivity index (χ0) is 10.4. The SMILES string of the molecule is C=CCN(CCO)C1CCCCC1O. The zero-order valence-corrected chi connectivity index (χ0v) is 8.73. The van der Waals surface area contributed by atoms with Crippen molar-refractivity contribution in [1.29, 1.82) is 0 Å². The monoisotopic (exact) mass is 199 g/mol. The first-order valence-corrected chi connectivity index (χ1v) is 5.43. The molecule has 2 atom stereocenters. The second kappa shape index (κ2) is 6.17. The maximum absolute atomic E-state index is 9.84. The zero-order valence-electron chi connectivity index (χ0n) is 8.73. The molecule has 1 rings (SSSR count). The highest BCUT2D eigenvalue weighted by Gasteiger charge is 2.27. The summed E-state index contributed by atoms with van der Waals surface area (Å²) in [5, 5.41) is 18.8. The van der Waals surface area contributed by atoms with Gasteiger partial charge < -0.3 is 10.2 Å². The normalized spacial score (nSPS) is 27.9. The fourth-order valence-electron chi connectivity index (χ4n) is 2.20. The molecule has 1 aliphatic rings. The minimum absolute atomic E-state index is 0.150. The Morgan fingerprint density at radius 1 is 1.36 bits per heavy atom. The van der Waals surface area contributed by atoms with Crippen LogP contribution in [0, 0.1) is 0 Å². The van der Waals surface area contributed by atoms with E-state index in [4.69, 9.17) is 5.11 Å². The molecule has 0 aromatic heterocycles.